The molecule has 0 spiro atoms. The van der Waals surface area contributed by atoms with Gasteiger partial charge in [-0.3, -0.25) is 4.98 Å². The van der Waals surface area contributed by atoms with Gasteiger partial charge in [0.05, 0.1) is 25.3 Å². The molecule has 0 aromatic carbocycles. The lowest BCUT2D eigenvalue weighted by molar-refractivity contribution is -0.486. The normalized spacial score (nSPS) is 19.0. The van der Waals surface area contributed by atoms with E-state index in [1.54, 1.807) is 11.1 Å². The number of nitrogens with zero attached hydrogens (tertiary/aromatic N) is 4. The molecule has 2 rings (SSSR count). The van der Waals surface area contributed by atoms with E-state index in [9.17, 15) is 10.1 Å². The number of hydrazone groups is 1. The third-order valence-corrected chi connectivity index (χ3v) is 3.63. The maximum absolute atomic E-state index is 10.7. The van der Waals surface area contributed by atoms with E-state index >= 15 is 0 Å². The Morgan fingerprint density at radius 3 is 2.86 bits per heavy atom. The Kier molecular flexibility index (Phi) is 4.88. The maximum atomic E-state index is 10.7. The highest BCUT2D eigenvalue weighted by molar-refractivity contribution is 5.80. The average molecular weight is 309 g/mol. The van der Waals surface area contributed by atoms with Crippen molar-refractivity contribution in [1.29, 1.82) is 0 Å². The molecule has 1 fully saturated rings. The average Bonchev–Trinajstić information content (AvgIpc) is 2.51. The third kappa shape index (κ3) is 3.49. The van der Waals surface area contributed by atoms with Crippen LogP contribution in [0.25, 0.3) is 0 Å². The summed E-state index contributed by atoms with van der Waals surface area (Å²) in [6, 6.07) is 3.78. The summed E-state index contributed by atoms with van der Waals surface area (Å²) in [5, 5.41) is 16.3. The van der Waals surface area contributed by atoms with Gasteiger partial charge in [-0.15, -0.1) is 0 Å². The topological polar surface area (TPSA) is 102 Å². The van der Waals surface area contributed by atoms with E-state index < -0.39 is 10.8 Å². The molecule has 1 aliphatic heterocycles. The fourth-order valence-electron chi connectivity index (χ4n) is 2.28. The fourth-order valence-corrected chi connectivity index (χ4v) is 2.28. The molecule has 0 bridgehead atoms. The van der Waals surface area contributed by atoms with Crippen molar-refractivity contribution in [3.05, 3.63) is 39.7 Å². The van der Waals surface area contributed by atoms with Gasteiger partial charge < -0.3 is 19.7 Å². The van der Waals surface area contributed by atoms with Crippen molar-refractivity contribution in [3.63, 3.8) is 0 Å². The molecule has 0 saturated carbocycles. The van der Waals surface area contributed by atoms with Gasteiger partial charge in [0, 0.05) is 20.4 Å². The summed E-state index contributed by atoms with van der Waals surface area (Å²) >= 11 is 0. The minimum absolute atomic E-state index is 0.166. The van der Waals surface area contributed by atoms with E-state index in [4.69, 9.17) is 9.47 Å². The lowest BCUT2D eigenvalue weighted by Gasteiger charge is -2.41. The zero-order chi connectivity index (χ0) is 16.2. The Hall–Kier alpha value is -2.26. The Labute approximate surface area is 128 Å². The Morgan fingerprint density at radius 1 is 1.55 bits per heavy atom. The van der Waals surface area contributed by atoms with Crippen molar-refractivity contribution in [2.24, 2.45) is 5.10 Å². The Bertz CT molecular complexity index is 573. The summed E-state index contributed by atoms with van der Waals surface area (Å²) in [5.41, 5.74) is 1.80. The summed E-state index contributed by atoms with van der Waals surface area (Å²) in [4.78, 5) is 16.7. The smallest absolute Gasteiger partial charge is 0.272 e. The highest BCUT2D eigenvalue weighted by Crippen LogP contribution is 2.19. The second-order valence-electron chi connectivity index (χ2n) is 4.96. The van der Waals surface area contributed by atoms with Gasteiger partial charge in [-0.25, -0.2) is 10.1 Å². The molecule has 120 valence electrons. The molecule has 1 aromatic heterocycles. The van der Waals surface area contributed by atoms with E-state index in [0.717, 1.165) is 11.3 Å². The number of aromatic nitrogens is 1. The molecule has 1 aromatic rings. The number of pyridine rings is 1. The zero-order valence-corrected chi connectivity index (χ0v) is 12.8. The van der Waals surface area contributed by atoms with E-state index in [-0.39, 0.29) is 12.5 Å². The SMILES string of the molecule is COC1(OC)CN/C(=N\[N+](=O)[O-])N(Cc2ncccc2C)C1. The van der Waals surface area contributed by atoms with Crippen LogP contribution in [-0.2, 0) is 16.0 Å². The molecule has 2 heterocycles. The van der Waals surface area contributed by atoms with Gasteiger partial charge in [0.25, 0.3) is 5.96 Å². The van der Waals surface area contributed by atoms with E-state index in [0.29, 0.717) is 13.1 Å². The van der Waals surface area contributed by atoms with Crippen molar-refractivity contribution < 1.29 is 14.5 Å². The largest absolute Gasteiger partial charge is 0.350 e. The Balaban J connectivity index is 2.28. The quantitative estimate of drug-likeness (QED) is 0.475. The molecule has 9 heteroatoms. The Morgan fingerprint density at radius 2 is 2.27 bits per heavy atom. The summed E-state index contributed by atoms with van der Waals surface area (Å²) in [6.45, 7) is 2.87. The van der Waals surface area contributed by atoms with Gasteiger partial charge in [0.15, 0.2) is 5.03 Å². The second-order valence-corrected chi connectivity index (χ2v) is 4.96. The number of nitrogens with one attached hydrogen (secondary N) is 1. The number of ether oxygens (including phenoxy) is 2. The third-order valence-electron chi connectivity index (χ3n) is 3.63. The van der Waals surface area contributed by atoms with Crippen LogP contribution >= 0.6 is 0 Å². The molecule has 0 radical (unpaired) electrons. The lowest BCUT2D eigenvalue weighted by atomic mass is 10.1. The summed E-state index contributed by atoms with van der Waals surface area (Å²) in [5.74, 6) is -0.724. The van der Waals surface area contributed by atoms with Crippen LogP contribution in [0.3, 0.4) is 0 Å². The number of rotatable bonds is 5. The van der Waals surface area contributed by atoms with Crippen LogP contribution < -0.4 is 5.32 Å². The van der Waals surface area contributed by atoms with Crippen LogP contribution in [0, 0.1) is 17.0 Å². The molecule has 9 nitrogen and oxygen atoms in total. The van der Waals surface area contributed by atoms with Gasteiger partial charge in [-0.2, -0.15) is 0 Å². The zero-order valence-electron chi connectivity index (χ0n) is 12.8. The lowest BCUT2D eigenvalue weighted by Crippen LogP contribution is -2.62. The van der Waals surface area contributed by atoms with Crippen molar-refractivity contribution in [3.8, 4) is 0 Å². The van der Waals surface area contributed by atoms with Crippen LogP contribution in [0.1, 0.15) is 11.3 Å². The minimum atomic E-state index is -0.891. The maximum Gasteiger partial charge on any atom is 0.272 e. The van der Waals surface area contributed by atoms with Gasteiger partial charge in [-0.05, 0) is 18.6 Å². The monoisotopic (exact) mass is 309 g/mol. The first kappa shape index (κ1) is 16.1. The molecule has 1 aliphatic rings. The number of guanidine groups is 1. The van der Waals surface area contributed by atoms with E-state index in [1.165, 1.54) is 14.2 Å². The number of hydrogen-bond acceptors (Lipinski definition) is 5. The number of hydrogen-bond donors (Lipinski definition) is 1. The first-order valence-electron chi connectivity index (χ1n) is 6.72. The van der Waals surface area contributed by atoms with Crippen LogP contribution in [-0.4, -0.2) is 54.0 Å². The van der Waals surface area contributed by atoms with Crippen molar-refractivity contribution in [1.82, 2.24) is 15.2 Å². The predicted octanol–water partition coefficient (Wildman–Crippen LogP) is 0.332. The van der Waals surface area contributed by atoms with Crippen LogP contribution in [0.15, 0.2) is 23.4 Å². The number of aryl methyl sites for hydroxylation is 1. The first-order chi connectivity index (χ1) is 10.5. The van der Waals surface area contributed by atoms with Crippen LogP contribution in [0.2, 0.25) is 0 Å². The summed E-state index contributed by atoms with van der Waals surface area (Å²) in [6.07, 6.45) is 1.68. The highest BCUT2D eigenvalue weighted by atomic mass is 16.7. The molecule has 22 heavy (non-hydrogen) atoms. The first-order valence-corrected chi connectivity index (χ1v) is 6.72. The molecule has 0 aliphatic carbocycles. The fraction of sp³-hybridized carbons (Fsp3) is 0.538. The van der Waals surface area contributed by atoms with Crippen molar-refractivity contribution >= 4 is 5.96 Å². The minimum Gasteiger partial charge on any atom is -0.350 e. The van der Waals surface area contributed by atoms with Gasteiger partial charge >= 0.3 is 0 Å². The van der Waals surface area contributed by atoms with Crippen LogP contribution in [0.5, 0.6) is 0 Å². The van der Waals surface area contributed by atoms with Gasteiger partial charge in [0.2, 0.25) is 5.79 Å². The van der Waals surface area contributed by atoms with Crippen LogP contribution in [0.4, 0.5) is 0 Å². The second kappa shape index (κ2) is 6.67. The predicted molar refractivity (Wildman–Crippen MR) is 78.6 cm³/mol. The standard InChI is InChI=1S/C13H19N5O4/c1-10-5-4-6-14-11(10)7-17-9-13(21-2,22-3)8-15-12(17)16-18(19)20/h4-6H,7-9H2,1-3H3,(H,15,16). The summed E-state index contributed by atoms with van der Waals surface area (Å²) in [7, 11) is 3.07. The molecule has 1 saturated heterocycles. The molecule has 1 N–H and O–H groups in total. The number of methoxy groups -OCH3 is 2. The molecular weight excluding hydrogens is 290 g/mol. The van der Waals surface area contributed by atoms with Crippen molar-refractivity contribution in [2.75, 3.05) is 27.3 Å². The summed E-state index contributed by atoms with van der Waals surface area (Å²) < 4.78 is 10.8. The van der Waals surface area contributed by atoms with Crippen molar-refractivity contribution in [2.45, 2.75) is 19.3 Å². The van der Waals surface area contributed by atoms with E-state index in [2.05, 4.69) is 15.4 Å². The molecule has 0 unspecified atom stereocenters. The van der Waals surface area contributed by atoms with Gasteiger partial charge in [0.1, 0.15) is 5.10 Å². The number of nitro groups is 1. The molecule has 0 amide bonds. The van der Waals surface area contributed by atoms with E-state index in [1.807, 2.05) is 19.1 Å². The molecule has 0 atom stereocenters. The molecular formula is C13H19N5O4. The highest BCUT2D eigenvalue weighted by Gasteiger charge is 2.39. The van der Waals surface area contributed by atoms with Gasteiger partial charge in [-0.1, -0.05) is 6.07 Å².